The van der Waals surface area contributed by atoms with Crippen LogP contribution in [0.1, 0.15) is 11.7 Å². The third-order valence-electron chi connectivity index (χ3n) is 2.73. The highest BCUT2D eigenvalue weighted by atomic mass is 79.9. The number of hydrogen-bond donors (Lipinski definition) is 2. The summed E-state index contributed by atoms with van der Waals surface area (Å²) in [5.74, 6) is 0. The summed E-state index contributed by atoms with van der Waals surface area (Å²) in [4.78, 5) is 0. The molecule has 0 radical (unpaired) electrons. The molecule has 0 bridgehead atoms. The number of nitrogens with one attached hydrogen (secondary N) is 1. The Morgan fingerprint density at radius 3 is 2.45 bits per heavy atom. The molecule has 0 aromatic heterocycles. The second-order valence-electron chi connectivity index (χ2n) is 4.19. The zero-order chi connectivity index (χ0) is 14.7. The van der Waals surface area contributed by atoms with Crippen LogP contribution in [0.4, 0.5) is 5.69 Å². The van der Waals surface area contributed by atoms with Gasteiger partial charge in [-0.3, -0.25) is 0 Å². The number of anilines is 1. The Kier molecular flexibility index (Phi) is 5.58. The summed E-state index contributed by atoms with van der Waals surface area (Å²) in [6, 6.07) is 10.4. The van der Waals surface area contributed by atoms with E-state index in [-0.39, 0.29) is 0 Å². The van der Waals surface area contributed by atoms with E-state index in [1.807, 2.05) is 6.07 Å². The molecule has 0 saturated carbocycles. The molecule has 2 nitrogen and oxygen atoms in total. The van der Waals surface area contributed by atoms with Crippen LogP contribution in [0.25, 0.3) is 0 Å². The predicted molar refractivity (Wildman–Crippen MR) is 89.1 cm³/mol. The minimum absolute atomic E-state index is 0.291. The molecule has 2 rings (SSSR count). The van der Waals surface area contributed by atoms with Gasteiger partial charge in [-0.15, -0.1) is 0 Å². The van der Waals surface area contributed by atoms with Crippen molar-refractivity contribution in [2.75, 3.05) is 11.9 Å². The lowest BCUT2D eigenvalue weighted by atomic mass is 10.1. The third-order valence-corrected chi connectivity index (χ3v) is 4.24. The molecule has 0 spiro atoms. The van der Waals surface area contributed by atoms with E-state index in [0.717, 1.165) is 10.2 Å². The van der Waals surface area contributed by atoms with E-state index in [2.05, 4.69) is 21.2 Å². The SMILES string of the molecule is OC(CNc1cc(Cl)ccc1Br)c1cc(Cl)ccc1Cl. The van der Waals surface area contributed by atoms with Crippen molar-refractivity contribution < 1.29 is 5.11 Å². The van der Waals surface area contributed by atoms with Gasteiger partial charge in [0.05, 0.1) is 11.8 Å². The predicted octanol–water partition coefficient (Wildman–Crippen LogP) is 5.55. The molecular weight excluding hydrogens is 384 g/mol. The molecule has 6 heteroatoms. The van der Waals surface area contributed by atoms with E-state index in [0.29, 0.717) is 27.2 Å². The highest BCUT2D eigenvalue weighted by Crippen LogP contribution is 2.29. The monoisotopic (exact) mass is 393 g/mol. The summed E-state index contributed by atoms with van der Waals surface area (Å²) in [5.41, 5.74) is 1.39. The molecule has 1 unspecified atom stereocenters. The first kappa shape index (κ1) is 15.9. The van der Waals surface area contributed by atoms with Gasteiger partial charge < -0.3 is 10.4 Å². The van der Waals surface area contributed by atoms with Gasteiger partial charge in [0, 0.05) is 31.6 Å². The van der Waals surface area contributed by atoms with Crippen molar-refractivity contribution in [1.29, 1.82) is 0 Å². The lowest BCUT2D eigenvalue weighted by molar-refractivity contribution is 0.191. The van der Waals surface area contributed by atoms with E-state index in [9.17, 15) is 5.11 Å². The maximum atomic E-state index is 10.2. The molecule has 1 atom stereocenters. The number of rotatable bonds is 4. The number of aliphatic hydroxyl groups is 1. The Labute approximate surface area is 140 Å². The van der Waals surface area contributed by atoms with Crippen LogP contribution in [0.5, 0.6) is 0 Å². The summed E-state index contributed by atoms with van der Waals surface area (Å²) < 4.78 is 0.867. The maximum Gasteiger partial charge on any atom is 0.0977 e. The van der Waals surface area contributed by atoms with E-state index < -0.39 is 6.10 Å². The molecule has 0 aliphatic heterocycles. The Morgan fingerprint density at radius 2 is 1.70 bits per heavy atom. The molecule has 0 heterocycles. The first-order valence-corrected chi connectivity index (χ1v) is 7.72. The molecule has 2 aromatic carbocycles. The number of halogens is 4. The molecule has 20 heavy (non-hydrogen) atoms. The zero-order valence-electron chi connectivity index (χ0n) is 10.2. The van der Waals surface area contributed by atoms with Crippen LogP contribution >= 0.6 is 50.7 Å². The van der Waals surface area contributed by atoms with Crippen molar-refractivity contribution in [3.8, 4) is 0 Å². The van der Waals surface area contributed by atoms with Gasteiger partial charge in [0.15, 0.2) is 0 Å². The summed E-state index contributed by atoms with van der Waals surface area (Å²) in [6.07, 6.45) is -0.771. The van der Waals surface area contributed by atoms with Gasteiger partial charge in [0.2, 0.25) is 0 Å². The fourth-order valence-electron chi connectivity index (χ4n) is 1.72. The summed E-state index contributed by atoms with van der Waals surface area (Å²) in [6.45, 7) is 0.291. The van der Waals surface area contributed by atoms with Crippen LogP contribution in [0, 0.1) is 0 Å². The van der Waals surface area contributed by atoms with E-state index >= 15 is 0 Å². The Hall–Kier alpha value is -0.450. The van der Waals surface area contributed by atoms with Gasteiger partial charge in [-0.25, -0.2) is 0 Å². The average molecular weight is 396 g/mol. The van der Waals surface area contributed by atoms with Gasteiger partial charge in [-0.2, -0.15) is 0 Å². The normalized spacial score (nSPS) is 12.2. The Balaban J connectivity index is 2.10. The molecule has 2 aromatic rings. The average Bonchev–Trinajstić information content (AvgIpc) is 2.42. The summed E-state index contributed by atoms with van der Waals surface area (Å²) in [5, 5.41) is 14.9. The fourth-order valence-corrected chi connectivity index (χ4v) is 2.70. The molecule has 0 amide bonds. The highest BCUT2D eigenvalue weighted by Gasteiger charge is 2.13. The van der Waals surface area contributed by atoms with Crippen molar-refractivity contribution >= 4 is 56.4 Å². The smallest absolute Gasteiger partial charge is 0.0977 e. The first-order chi connectivity index (χ1) is 9.47. The molecule has 0 fully saturated rings. The quantitative estimate of drug-likeness (QED) is 0.711. The number of benzene rings is 2. The van der Waals surface area contributed by atoms with Crippen LogP contribution in [-0.2, 0) is 0 Å². The Morgan fingerprint density at radius 1 is 1.05 bits per heavy atom. The van der Waals surface area contributed by atoms with Gasteiger partial charge in [-0.05, 0) is 52.3 Å². The molecule has 2 N–H and O–H groups in total. The van der Waals surface area contributed by atoms with Crippen molar-refractivity contribution in [1.82, 2.24) is 0 Å². The van der Waals surface area contributed by atoms with Gasteiger partial charge in [-0.1, -0.05) is 34.8 Å². The van der Waals surface area contributed by atoms with Gasteiger partial charge in [0.1, 0.15) is 0 Å². The second-order valence-corrected chi connectivity index (χ2v) is 6.32. The van der Waals surface area contributed by atoms with Crippen LogP contribution < -0.4 is 5.32 Å². The minimum Gasteiger partial charge on any atom is -0.387 e. The van der Waals surface area contributed by atoms with Crippen LogP contribution in [0.15, 0.2) is 40.9 Å². The molecule has 0 saturated heterocycles. The van der Waals surface area contributed by atoms with Crippen LogP contribution in [0.2, 0.25) is 15.1 Å². The molecule has 0 aliphatic carbocycles. The van der Waals surface area contributed by atoms with E-state index in [4.69, 9.17) is 34.8 Å². The largest absolute Gasteiger partial charge is 0.387 e. The molecule has 0 aliphatic rings. The highest BCUT2D eigenvalue weighted by molar-refractivity contribution is 9.10. The minimum atomic E-state index is -0.771. The van der Waals surface area contributed by atoms with Crippen molar-refractivity contribution in [3.05, 3.63) is 61.5 Å². The number of aliphatic hydroxyl groups excluding tert-OH is 1. The molecule has 106 valence electrons. The van der Waals surface area contributed by atoms with Gasteiger partial charge >= 0.3 is 0 Å². The fraction of sp³-hybridized carbons (Fsp3) is 0.143. The second kappa shape index (κ2) is 7.01. The van der Waals surface area contributed by atoms with Crippen molar-refractivity contribution in [2.45, 2.75) is 6.10 Å². The topological polar surface area (TPSA) is 32.3 Å². The van der Waals surface area contributed by atoms with Crippen molar-refractivity contribution in [2.24, 2.45) is 0 Å². The van der Waals surface area contributed by atoms with Crippen LogP contribution in [0.3, 0.4) is 0 Å². The number of hydrogen-bond acceptors (Lipinski definition) is 2. The first-order valence-electron chi connectivity index (χ1n) is 5.79. The van der Waals surface area contributed by atoms with Crippen molar-refractivity contribution in [3.63, 3.8) is 0 Å². The molecular formula is C14H11BrCl3NO. The Bertz CT molecular complexity index is 621. The lowest BCUT2D eigenvalue weighted by Crippen LogP contribution is -2.13. The van der Waals surface area contributed by atoms with E-state index in [1.165, 1.54) is 0 Å². The summed E-state index contributed by atoms with van der Waals surface area (Å²) >= 11 is 21.3. The zero-order valence-corrected chi connectivity index (χ0v) is 14.1. The van der Waals surface area contributed by atoms with E-state index in [1.54, 1.807) is 30.3 Å². The maximum absolute atomic E-state index is 10.2. The lowest BCUT2D eigenvalue weighted by Gasteiger charge is -2.16. The van der Waals surface area contributed by atoms with Gasteiger partial charge in [0.25, 0.3) is 0 Å². The summed E-state index contributed by atoms with van der Waals surface area (Å²) in [7, 11) is 0. The standard InChI is InChI=1S/C14H11BrCl3NO/c15-11-3-1-9(17)6-13(11)19-7-14(20)10-5-8(16)2-4-12(10)18/h1-6,14,19-20H,7H2. The van der Waals surface area contributed by atoms with Crippen LogP contribution in [-0.4, -0.2) is 11.7 Å². The third kappa shape index (κ3) is 4.03.